The van der Waals surface area contributed by atoms with Gasteiger partial charge in [-0.25, -0.2) is 9.59 Å². The highest BCUT2D eigenvalue weighted by molar-refractivity contribution is 5.94. The van der Waals surface area contributed by atoms with E-state index in [-0.39, 0.29) is 26.4 Å². The van der Waals surface area contributed by atoms with Crippen LogP contribution in [0, 0.1) is 0 Å². The first-order valence-corrected chi connectivity index (χ1v) is 28.1. The highest BCUT2D eigenvalue weighted by Crippen LogP contribution is 2.37. The Balaban J connectivity index is 1.76. The van der Waals surface area contributed by atoms with Crippen molar-refractivity contribution in [3.05, 3.63) is 61.2 Å². The molecule has 0 saturated heterocycles. The Morgan fingerprint density at radius 1 is 0.456 bits per heavy atom. The lowest BCUT2D eigenvalue weighted by Crippen LogP contribution is -2.30. The molecule has 2 unspecified atom stereocenters. The average molecular weight is 949 g/mol. The van der Waals surface area contributed by atoms with Crippen molar-refractivity contribution in [2.45, 2.75) is 245 Å². The molecular formula is C60H100O8. The van der Waals surface area contributed by atoms with E-state index in [1.165, 1.54) is 192 Å². The lowest BCUT2D eigenvalue weighted by Gasteiger charge is -2.22. The first kappa shape index (κ1) is 60.8. The number of hydrogen-bond donors (Lipinski definition) is 0. The van der Waals surface area contributed by atoms with Gasteiger partial charge in [-0.15, -0.1) is 0 Å². The molecule has 0 saturated carbocycles. The molecule has 0 aliphatic heterocycles. The van der Waals surface area contributed by atoms with E-state index in [9.17, 15) is 9.59 Å². The molecule has 68 heavy (non-hydrogen) atoms. The number of carbonyl (C=O) groups is 2. The summed E-state index contributed by atoms with van der Waals surface area (Å²) in [4.78, 5) is 24.6. The third kappa shape index (κ3) is 31.0. The maximum absolute atomic E-state index is 12.3. The van der Waals surface area contributed by atoms with Gasteiger partial charge < -0.3 is 28.4 Å². The number of benzene rings is 2. The summed E-state index contributed by atoms with van der Waals surface area (Å²) in [6, 6.07) is 9.91. The van der Waals surface area contributed by atoms with E-state index in [1.807, 2.05) is 30.3 Å². The molecule has 0 spiro atoms. The fourth-order valence-electron chi connectivity index (χ4n) is 8.87. The van der Waals surface area contributed by atoms with E-state index in [0.717, 1.165) is 42.0 Å². The molecule has 8 heteroatoms. The van der Waals surface area contributed by atoms with Crippen molar-refractivity contribution < 1.29 is 38.0 Å². The van der Waals surface area contributed by atoms with Crippen LogP contribution in [0.4, 0.5) is 0 Å². The molecule has 2 aromatic carbocycles. The van der Waals surface area contributed by atoms with Crippen LogP contribution in [-0.2, 0) is 35.0 Å². The van der Waals surface area contributed by atoms with Gasteiger partial charge >= 0.3 is 11.9 Å². The van der Waals surface area contributed by atoms with Crippen LogP contribution >= 0.6 is 0 Å². The smallest absolute Gasteiger partial charge is 0.330 e. The van der Waals surface area contributed by atoms with E-state index >= 15 is 0 Å². The number of unbranched alkanes of at least 4 members (excludes halogenated alkanes) is 30. The van der Waals surface area contributed by atoms with Crippen LogP contribution in [0.2, 0.25) is 0 Å². The van der Waals surface area contributed by atoms with Crippen molar-refractivity contribution in [2.24, 2.45) is 0 Å². The summed E-state index contributed by atoms with van der Waals surface area (Å²) in [5, 5.41) is 1.74. The van der Waals surface area contributed by atoms with Crippen LogP contribution in [0.1, 0.15) is 232 Å². The summed E-state index contributed by atoms with van der Waals surface area (Å²) in [5.41, 5.74) is 0.945. The minimum atomic E-state index is -0.597. The predicted octanol–water partition coefficient (Wildman–Crippen LogP) is 16.9. The number of aryl methyl sites for hydroxylation is 1. The van der Waals surface area contributed by atoms with Crippen molar-refractivity contribution in [1.29, 1.82) is 0 Å². The Morgan fingerprint density at radius 2 is 0.794 bits per heavy atom. The third-order valence-corrected chi connectivity index (χ3v) is 13.0. The monoisotopic (exact) mass is 949 g/mol. The van der Waals surface area contributed by atoms with Gasteiger partial charge in [-0.05, 0) is 30.9 Å². The second-order valence-corrected chi connectivity index (χ2v) is 19.2. The molecule has 0 fully saturated rings. The Morgan fingerprint density at radius 3 is 1.15 bits per heavy atom. The number of rotatable bonds is 49. The SMILES string of the molecule is C=CC(=O)OC(COCCCCCCCCCCCCCCCCCC)COc1cc(CC)c(OCC(COCCCCCCCCCCCCCCCCCC)OC(=O)C=C)c2ccccc12. The van der Waals surface area contributed by atoms with E-state index in [1.54, 1.807) is 0 Å². The van der Waals surface area contributed by atoms with Crippen LogP contribution < -0.4 is 9.47 Å². The zero-order valence-electron chi connectivity index (χ0n) is 44.0. The van der Waals surface area contributed by atoms with Crippen LogP contribution in [0.15, 0.2) is 55.6 Å². The van der Waals surface area contributed by atoms with Gasteiger partial charge in [0, 0.05) is 36.1 Å². The largest absolute Gasteiger partial charge is 0.489 e. The second-order valence-electron chi connectivity index (χ2n) is 19.2. The Hall–Kier alpha value is -3.36. The summed E-state index contributed by atoms with van der Waals surface area (Å²) in [5.74, 6) is 0.367. The zero-order valence-corrected chi connectivity index (χ0v) is 44.0. The molecule has 0 heterocycles. The summed E-state index contributed by atoms with van der Waals surface area (Å²) in [7, 11) is 0. The molecule has 0 radical (unpaired) electrons. The molecule has 2 atom stereocenters. The first-order valence-electron chi connectivity index (χ1n) is 28.1. The van der Waals surface area contributed by atoms with Crippen LogP contribution in [0.5, 0.6) is 11.5 Å². The van der Waals surface area contributed by atoms with Crippen LogP contribution in [-0.4, -0.2) is 63.8 Å². The molecule has 0 N–H and O–H groups in total. The maximum Gasteiger partial charge on any atom is 0.330 e. The number of carbonyl (C=O) groups excluding carboxylic acids is 2. The zero-order chi connectivity index (χ0) is 49.0. The van der Waals surface area contributed by atoms with Crippen molar-refractivity contribution in [1.82, 2.24) is 0 Å². The molecule has 0 aromatic heterocycles. The molecule has 2 rings (SSSR count). The molecule has 0 aliphatic carbocycles. The molecule has 388 valence electrons. The summed E-state index contributed by atoms with van der Waals surface area (Å²) >= 11 is 0. The fraction of sp³-hybridized carbons (Fsp3) is 0.733. The highest BCUT2D eigenvalue weighted by Gasteiger charge is 2.20. The number of esters is 2. The Labute approximate surface area is 416 Å². The highest BCUT2D eigenvalue weighted by atomic mass is 16.6. The van der Waals surface area contributed by atoms with E-state index in [2.05, 4.69) is 33.9 Å². The van der Waals surface area contributed by atoms with E-state index < -0.39 is 24.1 Å². The fourth-order valence-corrected chi connectivity index (χ4v) is 8.87. The Kier molecular flexibility index (Phi) is 39.0. The molecule has 8 nitrogen and oxygen atoms in total. The summed E-state index contributed by atoms with van der Waals surface area (Å²) in [6.07, 6.45) is 44.2. The minimum Gasteiger partial charge on any atom is -0.489 e. The van der Waals surface area contributed by atoms with Gasteiger partial charge in [0.15, 0.2) is 12.2 Å². The molecule has 0 amide bonds. The van der Waals surface area contributed by atoms with E-state index in [4.69, 9.17) is 28.4 Å². The van der Waals surface area contributed by atoms with Gasteiger partial charge in [0.25, 0.3) is 0 Å². The molecule has 2 aromatic rings. The molecule has 0 bridgehead atoms. The van der Waals surface area contributed by atoms with Gasteiger partial charge in [-0.3, -0.25) is 0 Å². The van der Waals surface area contributed by atoms with Crippen molar-refractivity contribution >= 4 is 22.7 Å². The predicted molar refractivity (Wildman–Crippen MR) is 285 cm³/mol. The number of hydrogen-bond acceptors (Lipinski definition) is 8. The normalized spacial score (nSPS) is 12.2. The van der Waals surface area contributed by atoms with Crippen LogP contribution in [0.25, 0.3) is 10.8 Å². The molecular weight excluding hydrogens is 849 g/mol. The van der Waals surface area contributed by atoms with Gasteiger partial charge in [0.1, 0.15) is 24.7 Å². The van der Waals surface area contributed by atoms with Gasteiger partial charge in [-0.1, -0.05) is 251 Å². The van der Waals surface area contributed by atoms with Crippen molar-refractivity contribution in [3.8, 4) is 11.5 Å². The second kappa shape index (κ2) is 43.6. The topological polar surface area (TPSA) is 89.5 Å². The maximum atomic E-state index is 12.3. The number of ether oxygens (including phenoxy) is 6. The molecule has 0 aliphatic rings. The summed E-state index contributed by atoms with van der Waals surface area (Å²) in [6.45, 7) is 15.8. The third-order valence-electron chi connectivity index (χ3n) is 13.0. The van der Waals surface area contributed by atoms with Gasteiger partial charge in [0.05, 0.1) is 13.2 Å². The van der Waals surface area contributed by atoms with Crippen molar-refractivity contribution in [3.63, 3.8) is 0 Å². The van der Waals surface area contributed by atoms with Gasteiger partial charge in [0.2, 0.25) is 0 Å². The van der Waals surface area contributed by atoms with E-state index in [0.29, 0.717) is 31.1 Å². The van der Waals surface area contributed by atoms with Crippen molar-refractivity contribution in [2.75, 3.05) is 39.6 Å². The van der Waals surface area contributed by atoms with Gasteiger partial charge in [-0.2, -0.15) is 0 Å². The Bertz CT molecular complexity index is 1540. The minimum absolute atomic E-state index is 0.127. The average Bonchev–Trinajstić information content (AvgIpc) is 3.36. The van der Waals surface area contributed by atoms with Crippen LogP contribution in [0.3, 0.4) is 0 Å². The first-order chi connectivity index (χ1) is 33.5. The quantitative estimate of drug-likeness (QED) is 0.0368. The standard InChI is InChI=1S/C60H100O8/c1-6-11-13-15-17-19-21-23-25-27-29-31-33-35-37-41-45-63-48-53(67-58(61)9-4)50-65-57-47-52(8-3)60(56-44-40-39-43-55(56)57)66-51-54(68-59(62)10-5)49-64-46-42-38-36-34-32-30-28-26-24-22-20-18-16-14-12-7-2/h9-10,39-40,43-44,47,53-54H,4-8,11-38,41-42,45-46,48-51H2,1-3H3. The summed E-state index contributed by atoms with van der Waals surface area (Å²) < 4.78 is 36.3. The number of fused-ring (bicyclic) bond motifs is 1. The lowest BCUT2D eigenvalue weighted by atomic mass is 10.0. The lowest BCUT2D eigenvalue weighted by molar-refractivity contribution is -0.148.